The van der Waals surface area contributed by atoms with E-state index in [0.717, 1.165) is 16.7 Å². The quantitative estimate of drug-likeness (QED) is 0.565. The lowest BCUT2D eigenvalue weighted by molar-refractivity contribution is 0.102. The Kier molecular flexibility index (Phi) is 4.77. The first-order valence-electron chi connectivity index (χ1n) is 9.79. The highest BCUT2D eigenvalue weighted by molar-refractivity contribution is 6.06. The number of nitrogens with zero attached hydrogens (tertiary/aromatic N) is 5. The second-order valence-electron chi connectivity index (χ2n) is 7.61. The van der Waals surface area contributed by atoms with Crippen molar-refractivity contribution >= 4 is 22.6 Å². The van der Waals surface area contributed by atoms with Crippen LogP contribution in [0.25, 0.3) is 16.7 Å². The lowest BCUT2D eigenvalue weighted by atomic mass is 10.1. The highest BCUT2D eigenvalue weighted by Gasteiger charge is 2.21. The van der Waals surface area contributed by atoms with Gasteiger partial charge in [0.05, 0.1) is 28.8 Å². The molecule has 0 aliphatic carbocycles. The van der Waals surface area contributed by atoms with Gasteiger partial charge in [0.2, 0.25) is 0 Å². The number of fused-ring (bicyclic) bond motifs is 1. The Bertz CT molecular complexity index is 1310. The Morgan fingerprint density at radius 2 is 1.83 bits per heavy atom. The highest BCUT2D eigenvalue weighted by atomic mass is 16.2. The van der Waals surface area contributed by atoms with E-state index in [-0.39, 0.29) is 23.2 Å². The number of carbonyl (C=O) groups is 1. The topological polar surface area (TPSA) is 86.7 Å². The number of benzene rings is 1. The zero-order chi connectivity index (χ0) is 21.6. The molecule has 4 aromatic rings. The molecule has 0 unspecified atom stereocenters. The van der Waals surface area contributed by atoms with Crippen molar-refractivity contribution in [1.82, 2.24) is 24.1 Å². The third kappa shape index (κ3) is 3.10. The molecule has 0 saturated heterocycles. The number of hydrogen-bond acceptors (Lipinski definition) is 4. The predicted octanol–water partition coefficient (Wildman–Crippen LogP) is 3.37. The molecule has 0 spiro atoms. The lowest BCUT2D eigenvalue weighted by Gasteiger charge is -2.09. The Hall–Kier alpha value is -3.68. The molecule has 30 heavy (non-hydrogen) atoms. The van der Waals surface area contributed by atoms with Gasteiger partial charge in [-0.3, -0.25) is 14.3 Å². The number of amides is 1. The van der Waals surface area contributed by atoms with Crippen molar-refractivity contribution in [3.8, 4) is 5.69 Å². The summed E-state index contributed by atoms with van der Waals surface area (Å²) in [5.74, 6) is -0.370. The van der Waals surface area contributed by atoms with Gasteiger partial charge in [0.1, 0.15) is 5.69 Å². The summed E-state index contributed by atoms with van der Waals surface area (Å²) in [5.41, 5.74) is 3.10. The van der Waals surface area contributed by atoms with Gasteiger partial charge in [-0.2, -0.15) is 5.10 Å². The fourth-order valence-electron chi connectivity index (χ4n) is 3.57. The van der Waals surface area contributed by atoms with Crippen LogP contribution in [0.15, 0.2) is 47.4 Å². The Morgan fingerprint density at radius 3 is 2.50 bits per heavy atom. The van der Waals surface area contributed by atoms with Gasteiger partial charge in [-0.25, -0.2) is 14.3 Å². The van der Waals surface area contributed by atoms with E-state index < -0.39 is 0 Å². The zero-order valence-corrected chi connectivity index (χ0v) is 17.7. The van der Waals surface area contributed by atoms with Crippen molar-refractivity contribution in [2.75, 3.05) is 5.32 Å². The zero-order valence-electron chi connectivity index (χ0n) is 17.7. The summed E-state index contributed by atoms with van der Waals surface area (Å²) in [5, 5.41) is 7.95. The van der Waals surface area contributed by atoms with Gasteiger partial charge in [-0.05, 0) is 45.9 Å². The second kappa shape index (κ2) is 7.29. The van der Waals surface area contributed by atoms with Crippen LogP contribution in [0.2, 0.25) is 0 Å². The molecule has 3 aromatic heterocycles. The summed E-state index contributed by atoms with van der Waals surface area (Å²) < 4.78 is 5.09. The van der Waals surface area contributed by atoms with E-state index in [9.17, 15) is 9.59 Å². The van der Waals surface area contributed by atoms with Crippen LogP contribution in [-0.4, -0.2) is 30.0 Å². The molecule has 8 nitrogen and oxygen atoms in total. The van der Waals surface area contributed by atoms with Gasteiger partial charge in [-0.15, -0.1) is 0 Å². The lowest BCUT2D eigenvalue weighted by Crippen LogP contribution is -2.23. The smallest absolute Gasteiger partial charge is 0.295 e. The number of anilines is 1. The number of pyridine rings is 1. The molecule has 0 aliphatic rings. The maximum Gasteiger partial charge on any atom is 0.295 e. The van der Waals surface area contributed by atoms with Crippen LogP contribution in [-0.2, 0) is 7.05 Å². The second-order valence-corrected chi connectivity index (χ2v) is 7.61. The standard InChI is InChI=1S/C22H24N6O2/c1-13(2)27-20-16(12-23-27)11-18(14(3)24-20)21(29)25-19-15(4)26(5)28(22(19)30)17-9-7-6-8-10-17/h6-13H,1-5H3,(H,25,29). The number of para-hydroxylation sites is 1. The molecule has 4 rings (SSSR count). The molecular weight excluding hydrogens is 380 g/mol. The van der Waals surface area contributed by atoms with E-state index >= 15 is 0 Å². The molecular formula is C22H24N6O2. The van der Waals surface area contributed by atoms with Gasteiger partial charge in [0, 0.05) is 18.5 Å². The molecule has 0 bridgehead atoms. The highest BCUT2D eigenvalue weighted by Crippen LogP contribution is 2.21. The van der Waals surface area contributed by atoms with Crippen LogP contribution >= 0.6 is 0 Å². The van der Waals surface area contributed by atoms with Crippen molar-refractivity contribution in [2.45, 2.75) is 33.7 Å². The molecule has 0 fully saturated rings. The maximum atomic E-state index is 13.1. The number of aromatic nitrogens is 5. The van der Waals surface area contributed by atoms with Crippen LogP contribution in [0, 0.1) is 13.8 Å². The predicted molar refractivity (Wildman–Crippen MR) is 116 cm³/mol. The van der Waals surface area contributed by atoms with Crippen LogP contribution in [0.1, 0.15) is 41.6 Å². The first kappa shape index (κ1) is 19.6. The largest absolute Gasteiger partial charge is 0.316 e. The molecule has 0 saturated carbocycles. The van der Waals surface area contributed by atoms with Crippen molar-refractivity contribution in [3.63, 3.8) is 0 Å². The fraction of sp³-hybridized carbons (Fsp3) is 0.273. The average molecular weight is 404 g/mol. The van der Waals surface area contributed by atoms with Crippen LogP contribution in [0.4, 0.5) is 5.69 Å². The molecule has 8 heteroatoms. The summed E-state index contributed by atoms with van der Waals surface area (Å²) in [6.07, 6.45) is 1.70. The van der Waals surface area contributed by atoms with Gasteiger partial charge in [0.25, 0.3) is 11.5 Å². The number of carbonyl (C=O) groups excluding carboxylic acids is 1. The van der Waals surface area contributed by atoms with Gasteiger partial charge >= 0.3 is 0 Å². The van der Waals surface area contributed by atoms with Crippen molar-refractivity contribution < 1.29 is 4.79 Å². The Balaban J connectivity index is 1.73. The first-order valence-corrected chi connectivity index (χ1v) is 9.79. The third-order valence-corrected chi connectivity index (χ3v) is 5.29. The third-order valence-electron chi connectivity index (χ3n) is 5.29. The number of aryl methyl sites for hydroxylation is 1. The molecule has 1 amide bonds. The molecule has 1 aromatic carbocycles. The SMILES string of the molecule is Cc1nc2c(cnn2C(C)C)cc1C(=O)Nc1c(C)n(C)n(-c2ccccc2)c1=O. The number of hydrogen-bond donors (Lipinski definition) is 1. The molecule has 0 atom stereocenters. The van der Waals surface area contributed by atoms with E-state index in [0.29, 0.717) is 17.0 Å². The summed E-state index contributed by atoms with van der Waals surface area (Å²) in [6, 6.07) is 11.3. The summed E-state index contributed by atoms with van der Waals surface area (Å²) >= 11 is 0. The minimum atomic E-state index is -0.370. The van der Waals surface area contributed by atoms with E-state index in [4.69, 9.17) is 0 Å². The summed E-state index contributed by atoms with van der Waals surface area (Å²) in [6.45, 7) is 7.64. The average Bonchev–Trinajstić information content (AvgIpc) is 3.22. The van der Waals surface area contributed by atoms with Crippen molar-refractivity contribution in [3.05, 3.63) is 69.9 Å². The normalized spacial score (nSPS) is 11.4. The van der Waals surface area contributed by atoms with Crippen molar-refractivity contribution in [2.24, 2.45) is 7.05 Å². The van der Waals surface area contributed by atoms with Gasteiger partial charge in [-0.1, -0.05) is 18.2 Å². The van der Waals surface area contributed by atoms with Crippen LogP contribution in [0.5, 0.6) is 0 Å². The minimum Gasteiger partial charge on any atom is -0.316 e. The Morgan fingerprint density at radius 1 is 1.13 bits per heavy atom. The minimum absolute atomic E-state index is 0.164. The van der Waals surface area contributed by atoms with Gasteiger partial charge < -0.3 is 5.32 Å². The molecule has 3 heterocycles. The fourth-order valence-corrected chi connectivity index (χ4v) is 3.57. The Labute approximate surface area is 173 Å². The van der Waals surface area contributed by atoms with Crippen molar-refractivity contribution in [1.29, 1.82) is 0 Å². The van der Waals surface area contributed by atoms with Crippen LogP contribution < -0.4 is 10.9 Å². The number of nitrogens with one attached hydrogen (secondary N) is 1. The maximum absolute atomic E-state index is 13.1. The van der Waals surface area contributed by atoms with Gasteiger partial charge in [0.15, 0.2) is 5.65 Å². The van der Waals surface area contributed by atoms with Crippen LogP contribution in [0.3, 0.4) is 0 Å². The summed E-state index contributed by atoms with van der Waals surface area (Å²) in [4.78, 5) is 30.7. The summed E-state index contributed by atoms with van der Waals surface area (Å²) in [7, 11) is 1.79. The number of rotatable bonds is 4. The molecule has 1 N–H and O–H groups in total. The monoisotopic (exact) mass is 404 g/mol. The first-order chi connectivity index (χ1) is 14.3. The molecule has 0 radical (unpaired) electrons. The van der Waals surface area contributed by atoms with E-state index in [1.165, 1.54) is 4.68 Å². The van der Waals surface area contributed by atoms with E-state index in [1.807, 2.05) is 48.9 Å². The van der Waals surface area contributed by atoms with E-state index in [2.05, 4.69) is 15.4 Å². The molecule has 0 aliphatic heterocycles. The van der Waals surface area contributed by atoms with E-state index in [1.54, 1.807) is 37.8 Å². The molecule has 154 valence electrons.